The van der Waals surface area contributed by atoms with E-state index in [2.05, 4.69) is 0 Å². The third-order valence-corrected chi connectivity index (χ3v) is 11.0. The molecule has 1 N–H and O–H groups in total. The first kappa shape index (κ1) is 46.0. The Morgan fingerprint density at radius 3 is 1.36 bits per heavy atom. The minimum absolute atomic E-state index is 0.0476. The molecule has 2 aliphatic rings. The van der Waals surface area contributed by atoms with E-state index in [1.165, 1.54) is 0 Å². The predicted octanol–water partition coefficient (Wildman–Crippen LogP) is 7.51. The Bertz CT molecular complexity index is 2410. The molecule has 66 heavy (non-hydrogen) atoms. The van der Waals surface area contributed by atoms with Gasteiger partial charge in [-0.3, -0.25) is 0 Å². The highest BCUT2D eigenvalue weighted by atomic mass is 16.8. The number of hydrogen-bond donors (Lipinski definition) is 1. The predicted molar refractivity (Wildman–Crippen MR) is 239 cm³/mol. The lowest BCUT2D eigenvalue weighted by atomic mass is 9.97. The van der Waals surface area contributed by atoms with E-state index in [1.54, 1.807) is 91.0 Å². The summed E-state index contributed by atoms with van der Waals surface area (Å²) in [5.74, 6) is -2.27. The molecule has 6 aromatic rings. The Morgan fingerprint density at radius 2 is 0.879 bits per heavy atom. The van der Waals surface area contributed by atoms with Gasteiger partial charge in [0.1, 0.15) is 24.4 Å². The molecule has 2 heterocycles. The van der Waals surface area contributed by atoms with E-state index in [-0.39, 0.29) is 49.7 Å². The van der Waals surface area contributed by atoms with Crippen LogP contribution < -0.4 is 0 Å². The van der Waals surface area contributed by atoms with Gasteiger partial charge >= 0.3 is 17.9 Å². The summed E-state index contributed by atoms with van der Waals surface area (Å²) in [6, 6.07) is 53.5. The highest BCUT2D eigenvalue weighted by Crippen LogP contribution is 2.35. The number of aliphatic hydroxyl groups excluding tert-OH is 1. The van der Waals surface area contributed by atoms with Crippen LogP contribution in [0, 0.1) is 0 Å². The number of rotatable bonds is 18. The van der Waals surface area contributed by atoms with Gasteiger partial charge < -0.3 is 47.7 Å². The summed E-state index contributed by atoms with van der Waals surface area (Å²) in [6.07, 6.45) is -12.1. The van der Waals surface area contributed by atoms with Gasteiger partial charge in [0.15, 0.2) is 30.9 Å². The quantitative estimate of drug-likeness (QED) is 0.0670. The second kappa shape index (κ2) is 23.1. The zero-order chi connectivity index (χ0) is 45.5. The topological polar surface area (TPSA) is 155 Å². The maximum atomic E-state index is 14.2. The van der Waals surface area contributed by atoms with Crippen LogP contribution in [0.3, 0.4) is 0 Å². The molecule has 13 heteroatoms. The van der Waals surface area contributed by atoms with Crippen LogP contribution >= 0.6 is 0 Å². The lowest BCUT2D eigenvalue weighted by molar-refractivity contribution is -0.352. The van der Waals surface area contributed by atoms with Crippen molar-refractivity contribution in [2.24, 2.45) is 0 Å². The van der Waals surface area contributed by atoms with Crippen LogP contribution in [0.2, 0.25) is 0 Å². The number of carbonyl (C=O) groups is 3. The molecular formula is C53H50O13. The molecular weight excluding hydrogens is 845 g/mol. The van der Waals surface area contributed by atoms with E-state index >= 15 is 0 Å². The normalized spacial score (nSPS) is 23.9. The minimum atomic E-state index is -1.75. The summed E-state index contributed by atoms with van der Waals surface area (Å²) in [7, 11) is 0. The van der Waals surface area contributed by atoms with Crippen molar-refractivity contribution in [1.82, 2.24) is 0 Å². The summed E-state index contributed by atoms with van der Waals surface area (Å²) in [6.45, 7) is -0.00750. The first-order chi connectivity index (χ1) is 32.4. The summed E-state index contributed by atoms with van der Waals surface area (Å²) in [5.41, 5.74) is 3.24. The summed E-state index contributed by atoms with van der Waals surface area (Å²) >= 11 is 0. The molecule has 13 nitrogen and oxygen atoms in total. The molecule has 2 aliphatic heterocycles. The highest BCUT2D eigenvalue weighted by Gasteiger charge is 2.54. The lowest BCUT2D eigenvalue weighted by Crippen LogP contribution is -2.65. The maximum Gasteiger partial charge on any atom is 0.338 e. The summed E-state index contributed by atoms with van der Waals surface area (Å²) in [5, 5.41) is 11.4. The molecule has 0 aliphatic carbocycles. The van der Waals surface area contributed by atoms with Gasteiger partial charge in [0, 0.05) is 0 Å². The monoisotopic (exact) mass is 894 g/mol. The second-order valence-corrected chi connectivity index (χ2v) is 15.7. The molecule has 8 rings (SSSR count). The van der Waals surface area contributed by atoms with Crippen LogP contribution in [-0.2, 0) is 62.5 Å². The van der Waals surface area contributed by atoms with Crippen molar-refractivity contribution >= 4 is 17.9 Å². The average Bonchev–Trinajstić information content (AvgIpc) is 3.37. The van der Waals surface area contributed by atoms with E-state index in [1.807, 2.05) is 91.0 Å². The van der Waals surface area contributed by atoms with Gasteiger partial charge in [-0.15, -0.1) is 0 Å². The minimum Gasteiger partial charge on any atom is -0.453 e. The summed E-state index contributed by atoms with van der Waals surface area (Å²) in [4.78, 5) is 41.6. The number of aliphatic hydroxyl groups is 1. The Morgan fingerprint density at radius 1 is 0.470 bits per heavy atom. The number of esters is 3. The zero-order valence-corrected chi connectivity index (χ0v) is 35.9. The van der Waals surface area contributed by atoms with Gasteiger partial charge in [0.05, 0.1) is 49.7 Å². The van der Waals surface area contributed by atoms with E-state index in [4.69, 9.17) is 42.6 Å². The van der Waals surface area contributed by atoms with Crippen LogP contribution in [0.5, 0.6) is 0 Å². The van der Waals surface area contributed by atoms with Crippen molar-refractivity contribution in [3.8, 4) is 0 Å². The van der Waals surface area contributed by atoms with Crippen molar-refractivity contribution in [1.29, 1.82) is 0 Å². The van der Waals surface area contributed by atoms with Crippen molar-refractivity contribution in [2.75, 3.05) is 13.2 Å². The van der Waals surface area contributed by atoms with Gasteiger partial charge in [-0.1, -0.05) is 146 Å². The first-order valence-corrected chi connectivity index (χ1v) is 21.7. The van der Waals surface area contributed by atoms with Gasteiger partial charge in [0.2, 0.25) is 0 Å². The average molecular weight is 895 g/mol. The Hall–Kier alpha value is -6.55. The highest BCUT2D eigenvalue weighted by molar-refractivity contribution is 5.90. The smallest absolute Gasteiger partial charge is 0.338 e. The number of hydrogen-bond acceptors (Lipinski definition) is 13. The third kappa shape index (κ3) is 12.2. The van der Waals surface area contributed by atoms with Crippen LogP contribution in [0.25, 0.3) is 0 Å². The molecule has 9 atom stereocenters. The molecule has 0 aromatic heterocycles. The zero-order valence-electron chi connectivity index (χ0n) is 35.9. The van der Waals surface area contributed by atoms with Crippen molar-refractivity contribution in [2.45, 2.75) is 75.1 Å². The molecule has 0 amide bonds. The molecule has 0 unspecified atom stereocenters. The van der Waals surface area contributed by atoms with Crippen LogP contribution in [0.1, 0.15) is 47.8 Å². The fourth-order valence-corrected chi connectivity index (χ4v) is 7.65. The van der Waals surface area contributed by atoms with E-state index in [0.29, 0.717) is 0 Å². The largest absolute Gasteiger partial charge is 0.453 e. The third-order valence-electron chi connectivity index (χ3n) is 11.0. The molecule has 0 bridgehead atoms. The van der Waals surface area contributed by atoms with Crippen LogP contribution in [0.4, 0.5) is 0 Å². The number of ether oxygens (including phenoxy) is 9. The SMILES string of the molecule is O=C(O[C@@H]1[C@@H](O[C@@H]2O[C@H](COCc3ccccc3)[C@@H](OCc3ccccc3)[C@H](OCc3ccccc3)[C@H]2OC(=O)c2ccccc2)[C@H](OC(=O)c2ccccc2)CO[C@@H]1O)c1ccccc1. The molecule has 0 spiro atoms. The molecule has 6 aromatic carbocycles. The lowest BCUT2D eigenvalue weighted by Gasteiger charge is -2.48. The second-order valence-electron chi connectivity index (χ2n) is 15.7. The van der Waals surface area contributed by atoms with E-state index < -0.39 is 73.2 Å². The van der Waals surface area contributed by atoms with Gasteiger partial charge in [-0.05, 0) is 53.1 Å². The molecule has 0 radical (unpaired) electrons. The Labute approximate surface area is 382 Å². The number of benzene rings is 6. The molecule has 2 fully saturated rings. The van der Waals surface area contributed by atoms with Crippen LogP contribution in [0.15, 0.2) is 182 Å². The van der Waals surface area contributed by atoms with Gasteiger partial charge in [-0.2, -0.15) is 0 Å². The maximum absolute atomic E-state index is 14.2. The van der Waals surface area contributed by atoms with Gasteiger partial charge in [0.25, 0.3) is 0 Å². The van der Waals surface area contributed by atoms with Crippen LogP contribution in [-0.4, -0.2) is 91.5 Å². The van der Waals surface area contributed by atoms with Gasteiger partial charge in [-0.25, -0.2) is 14.4 Å². The van der Waals surface area contributed by atoms with E-state index in [0.717, 1.165) is 16.7 Å². The van der Waals surface area contributed by atoms with Crippen molar-refractivity contribution in [3.05, 3.63) is 215 Å². The fraction of sp³-hybridized carbons (Fsp3) is 0.264. The molecule has 0 saturated carbocycles. The molecule has 340 valence electrons. The molecule has 2 saturated heterocycles. The Balaban J connectivity index is 1.19. The van der Waals surface area contributed by atoms with Crippen molar-refractivity contribution < 1.29 is 62.1 Å². The summed E-state index contributed by atoms with van der Waals surface area (Å²) < 4.78 is 57.6. The Kier molecular flexibility index (Phi) is 16.1. The fourth-order valence-electron chi connectivity index (χ4n) is 7.65. The van der Waals surface area contributed by atoms with E-state index in [9.17, 15) is 19.5 Å². The standard InChI is InChI=1S/C53H50O13/c54-49(39-25-13-4-14-26-39)62-43-35-61-52(57)47(64-50(55)40-27-15-5-16-28-40)45(43)66-53-48(65-51(56)41-29-17-6-18-30-41)46(60-33-38-23-11-3-12-24-38)44(59-32-37-21-9-2-10-22-37)42(63-53)34-58-31-36-19-7-1-8-20-36/h1-30,42-48,52-53,57H,31-35H2/t42-,43-,44-,45+,46+,47-,48-,52+,53+/m1/s1. The van der Waals surface area contributed by atoms with Crippen molar-refractivity contribution in [3.63, 3.8) is 0 Å². The first-order valence-electron chi connectivity index (χ1n) is 21.7. The number of carbonyl (C=O) groups excluding carboxylic acids is 3.